The number of nitrogens with zero attached hydrogens (tertiary/aromatic N) is 3. The largest absolute Gasteiger partial charge is 0.295 e. The first-order valence-corrected chi connectivity index (χ1v) is 11.9. The Kier molecular flexibility index (Phi) is 5.43. The van der Waals surface area contributed by atoms with Crippen LogP contribution in [0.1, 0.15) is 10.6 Å². The van der Waals surface area contributed by atoms with Crippen LogP contribution >= 0.6 is 22.7 Å². The maximum atomic E-state index is 12.7. The highest BCUT2D eigenvalue weighted by atomic mass is 32.2. The van der Waals surface area contributed by atoms with Gasteiger partial charge in [0, 0.05) is 48.5 Å². The fraction of sp³-hybridized carbons (Fsp3) is 0.316. The summed E-state index contributed by atoms with van der Waals surface area (Å²) in [6.07, 6.45) is 0. The second kappa shape index (κ2) is 7.81. The van der Waals surface area contributed by atoms with Crippen molar-refractivity contribution < 1.29 is 8.42 Å². The van der Waals surface area contributed by atoms with Gasteiger partial charge in [-0.25, -0.2) is 13.4 Å². The van der Waals surface area contributed by atoms with Gasteiger partial charge in [0.2, 0.25) is 0 Å². The molecule has 1 saturated heterocycles. The molecule has 0 atom stereocenters. The van der Waals surface area contributed by atoms with E-state index in [2.05, 4.69) is 22.4 Å². The van der Waals surface area contributed by atoms with Gasteiger partial charge in [-0.3, -0.25) is 4.90 Å². The van der Waals surface area contributed by atoms with Gasteiger partial charge in [-0.1, -0.05) is 30.3 Å². The molecule has 1 fully saturated rings. The van der Waals surface area contributed by atoms with Gasteiger partial charge in [0.25, 0.3) is 10.0 Å². The number of thiophene rings is 1. The fourth-order valence-electron chi connectivity index (χ4n) is 3.13. The summed E-state index contributed by atoms with van der Waals surface area (Å²) in [6.45, 7) is 5.18. The summed E-state index contributed by atoms with van der Waals surface area (Å²) in [5, 5.41) is 3.12. The summed E-state index contributed by atoms with van der Waals surface area (Å²) in [4.78, 5) is 8.03. The van der Waals surface area contributed by atoms with Crippen LogP contribution in [0.4, 0.5) is 0 Å². The molecule has 8 heteroatoms. The SMILES string of the molecule is Cc1ccc(S(=O)(=O)N2CCN(Cc3csc(-c4ccccc4)n3)CC2)s1. The van der Waals surface area contributed by atoms with Gasteiger partial charge < -0.3 is 0 Å². The van der Waals surface area contributed by atoms with E-state index in [1.807, 2.05) is 31.2 Å². The standard InChI is InChI=1S/C19H21N3O2S3/c1-15-7-8-18(26-15)27(23,24)22-11-9-21(10-12-22)13-17-14-25-19(20-17)16-5-3-2-4-6-16/h2-8,14H,9-13H2,1H3. The number of hydrogen-bond donors (Lipinski definition) is 0. The third kappa shape index (κ3) is 4.14. The summed E-state index contributed by atoms with van der Waals surface area (Å²) >= 11 is 2.99. The highest BCUT2D eigenvalue weighted by Crippen LogP contribution is 2.26. The zero-order valence-electron chi connectivity index (χ0n) is 15.0. The predicted molar refractivity (Wildman–Crippen MR) is 111 cm³/mol. The van der Waals surface area contributed by atoms with E-state index in [1.165, 1.54) is 11.3 Å². The highest BCUT2D eigenvalue weighted by Gasteiger charge is 2.29. The van der Waals surface area contributed by atoms with Gasteiger partial charge in [-0.05, 0) is 19.1 Å². The molecule has 2 aromatic heterocycles. The molecule has 0 saturated carbocycles. The number of rotatable bonds is 5. The quantitative estimate of drug-likeness (QED) is 0.633. The number of aromatic nitrogens is 1. The molecule has 0 unspecified atom stereocenters. The lowest BCUT2D eigenvalue weighted by molar-refractivity contribution is 0.180. The van der Waals surface area contributed by atoms with Gasteiger partial charge in [0.1, 0.15) is 9.22 Å². The van der Waals surface area contributed by atoms with E-state index in [4.69, 9.17) is 4.98 Å². The van der Waals surface area contributed by atoms with Crippen LogP contribution in [0.25, 0.3) is 10.6 Å². The van der Waals surface area contributed by atoms with Gasteiger partial charge in [0.05, 0.1) is 5.69 Å². The summed E-state index contributed by atoms with van der Waals surface area (Å²) in [7, 11) is -3.36. The van der Waals surface area contributed by atoms with Crippen LogP contribution in [0, 0.1) is 6.92 Å². The molecular formula is C19H21N3O2S3. The lowest BCUT2D eigenvalue weighted by atomic mass is 10.2. The van der Waals surface area contributed by atoms with Crippen molar-refractivity contribution in [2.24, 2.45) is 0 Å². The van der Waals surface area contributed by atoms with Gasteiger partial charge in [0.15, 0.2) is 0 Å². The van der Waals surface area contributed by atoms with Crippen molar-refractivity contribution in [3.8, 4) is 10.6 Å². The molecule has 1 aliphatic heterocycles. The molecule has 3 heterocycles. The Labute approximate surface area is 168 Å². The van der Waals surface area contributed by atoms with Crippen molar-refractivity contribution in [2.45, 2.75) is 17.7 Å². The van der Waals surface area contributed by atoms with Gasteiger partial charge >= 0.3 is 0 Å². The molecular weight excluding hydrogens is 398 g/mol. The van der Waals surface area contributed by atoms with Crippen molar-refractivity contribution in [1.29, 1.82) is 0 Å². The minimum atomic E-state index is -3.36. The smallest absolute Gasteiger partial charge is 0.252 e. The molecule has 1 aliphatic rings. The number of hydrogen-bond acceptors (Lipinski definition) is 6. The number of piperazine rings is 1. The van der Waals surface area contributed by atoms with Crippen LogP contribution in [0.2, 0.25) is 0 Å². The van der Waals surface area contributed by atoms with E-state index in [9.17, 15) is 8.42 Å². The van der Waals surface area contributed by atoms with E-state index in [0.29, 0.717) is 17.3 Å². The molecule has 0 radical (unpaired) electrons. The Hall–Kier alpha value is -1.58. The Bertz CT molecular complexity index is 1000. The van der Waals surface area contributed by atoms with Crippen LogP contribution in [0.5, 0.6) is 0 Å². The molecule has 4 rings (SSSR count). The van der Waals surface area contributed by atoms with E-state index < -0.39 is 10.0 Å². The zero-order chi connectivity index (χ0) is 18.9. The maximum Gasteiger partial charge on any atom is 0.252 e. The molecule has 0 N–H and O–H groups in total. The minimum Gasteiger partial charge on any atom is -0.295 e. The first-order chi connectivity index (χ1) is 13.0. The van der Waals surface area contributed by atoms with Crippen molar-refractivity contribution in [1.82, 2.24) is 14.2 Å². The third-order valence-electron chi connectivity index (χ3n) is 4.60. The van der Waals surface area contributed by atoms with Crippen LogP contribution in [-0.2, 0) is 16.6 Å². The van der Waals surface area contributed by atoms with E-state index >= 15 is 0 Å². The van der Waals surface area contributed by atoms with Crippen LogP contribution in [0.3, 0.4) is 0 Å². The van der Waals surface area contributed by atoms with Crippen molar-refractivity contribution >= 4 is 32.7 Å². The lowest BCUT2D eigenvalue weighted by Gasteiger charge is -2.33. The molecule has 0 bridgehead atoms. The van der Waals surface area contributed by atoms with E-state index in [0.717, 1.165) is 40.8 Å². The van der Waals surface area contributed by atoms with Crippen molar-refractivity contribution in [3.63, 3.8) is 0 Å². The molecule has 142 valence electrons. The molecule has 1 aromatic carbocycles. The van der Waals surface area contributed by atoms with E-state index in [1.54, 1.807) is 21.7 Å². The summed E-state index contributed by atoms with van der Waals surface area (Å²) < 4.78 is 27.5. The van der Waals surface area contributed by atoms with Gasteiger partial charge in [-0.2, -0.15) is 4.31 Å². The topological polar surface area (TPSA) is 53.5 Å². The Balaban J connectivity index is 1.37. The molecule has 27 heavy (non-hydrogen) atoms. The number of benzene rings is 1. The molecule has 3 aromatic rings. The third-order valence-corrected chi connectivity index (χ3v) is 8.91. The summed E-state index contributed by atoms with van der Waals surface area (Å²) in [6, 6.07) is 13.7. The number of aryl methyl sites for hydroxylation is 1. The monoisotopic (exact) mass is 419 g/mol. The zero-order valence-corrected chi connectivity index (χ0v) is 17.5. The average molecular weight is 420 g/mol. The summed E-state index contributed by atoms with van der Waals surface area (Å²) in [5.41, 5.74) is 2.18. The Morgan fingerprint density at radius 2 is 1.78 bits per heavy atom. The molecule has 5 nitrogen and oxygen atoms in total. The van der Waals surface area contributed by atoms with Crippen molar-refractivity contribution in [3.05, 3.63) is 58.4 Å². The molecule has 0 spiro atoms. The number of sulfonamides is 1. The fourth-order valence-corrected chi connectivity index (χ4v) is 6.80. The first kappa shape index (κ1) is 18.8. The van der Waals surface area contributed by atoms with Crippen LogP contribution in [-0.4, -0.2) is 48.8 Å². The second-order valence-corrected chi connectivity index (χ2v) is 10.9. The lowest BCUT2D eigenvalue weighted by Crippen LogP contribution is -2.48. The summed E-state index contributed by atoms with van der Waals surface area (Å²) in [5.74, 6) is 0. The Morgan fingerprint density at radius 1 is 1.04 bits per heavy atom. The van der Waals surface area contributed by atoms with E-state index in [-0.39, 0.29) is 0 Å². The van der Waals surface area contributed by atoms with Crippen LogP contribution in [0.15, 0.2) is 52.1 Å². The molecule has 0 aliphatic carbocycles. The normalized spacial score (nSPS) is 16.6. The predicted octanol–water partition coefficient (Wildman–Crippen LogP) is 3.69. The van der Waals surface area contributed by atoms with Gasteiger partial charge in [-0.15, -0.1) is 22.7 Å². The van der Waals surface area contributed by atoms with Crippen LogP contribution < -0.4 is 0 Å². The number of thiazole rings is 1. The minimum absolute atomic E-state index is 0.445. The van der Waals surface area contributed by atoms with Crippen molar-refractivity contribution in [2.75, 3.05) is 26.2 Å². The first-order valence-electron chi connectivity index (χ1n) is 8.81. The molecule has 0 amide bonds. The Morgan fingerprint density at radius 3 is 2.44 bits per heavy atom. The average Bonchev–Trinajstić information content (AvgIpc) is 3.32. The highest BCUT2D eigenvalue weighted by molar-refractivity contribution is 7.91. The maximum absolute atomic E-state index is 12.7. The second-order valence-electron chi connectivity index (χ2n) is 6.56.